The third kappa shape index (κ3) is 2.84. The monoisotopic (exact) mass is 285 g/mol. The zero-order chi connectivity index (χ0) is 14.8. The van der Waals surface area contributed by atoms with Crippen LogP contribution in [0.4, 0.5) is 11.4 Å². The van der Waals surface area contributed by atoms with Crippen molar-refractivity contribution in [1.82, 2.24) is 14.5 Å². The number of carbonyl (C=O) groups excluding carboxylic acids is 1. The Morgan fingerprint density at radius 2 is 1.81 bits per heavy atom. The van der Waals surface area contributed by atoms with Gasteiger partial charge in [0.05, 0.1) is 6.33 Å². The zero-order valence-electron chi connectivity index (χ0n) is 12.1. The van der Waals surface area contributed by atoms with E-state index in [-0.39, 0.29) is 5.91 Å². The first kappa shape index (κ1) is 13.5. The number of anilines is 2. The number of imidazole rings is 1. The fourth-order valence-electron chi connectivity index (χ4n) is 2.54. The average Bonchev–Trinajstić information content (AvgIpc) is 2.94. The third-order valence-corrected chi connectivity index (χ3v) is 3.75. The van der Waals surface area contributed by atoms with Gasteiger partial charge in [-0.2, -0.15) is 0 Å². The Labute approximate surface area is 123 Å². The van der Waals surface area contributed by atoms with Crippen molar-refractivity contribution in [3.8, 4) is 0 Å². The minimum Gasteiger partial charge on any atom is -0.399 e. The van der Waals surface area contributed by atoms with Crippen LogP contribution in [0.15, 0.2) is 36.8 Å². The zero-order valence-corrected chi connectivity index (χ0v) is 12.1. The summed E-state index contributed by atoms with van der Waals surface area (Å²) in [6, 6.07) is 7.85. The third-order valence-electron chi connectivity index (χ3n) is 3.75. The second-order valence-electron chi connectivity index (χ2n) is 5.30. The number of piperazine rings is 1. The normalized spacial score (nSPS) is 15.3. The molecule has 2 heterocycles. The van der Waals surface area contributed by atoms with Crippen LogP contribution in [0.5, 0.6) is 0 Å². The number of hydrogen-bond acceptors (Lipinski definition) is 4. The van der Waals surface area contributed by atoms with Gasteiger partial charge in [-0.3, -0.25) is 4.79 Å². The number of rotatable bonds is 2. The number of carbonyl (C=O) groups is 1. The van der Waals surface area contributed by atoms with Gasteiger partial charge in [-0.05, 0) is 24.3 Å². The van der Waals surface area contributed by atoms with Gasteiger partial charge < -0.3 is 20.1 Å². The van der Waals surface area contributed by atoms with Gasteiger partial charge in [0.15, 0.2) is 0 Å². The highest BCUT2D eigenvalue weighted by Crippen LogP contribution is 2.18. The van der Waals surface area contributed by atoms with Crippen LogP contribution in [-0.4, -0.2) is 46.5 Å². The van der Waals surface area contributed by atoms with E-state index in [4.69, 9.17) is 5.73 Å². The van der Waals surface area contributed by atoms with Gasteiger partial charge in [-0.15, -0.1) is 0 Å². The second-order valence-corrected chi connectivity index (χ2v) is 5.30. The molecular formula is C15H19N5O. The molecule has 2 aromatic rings. The molecule has 21 heavy (non-hydrogen) atoms. The summed E-state index contributed by atoms with van der Waals surface area (Å²) in [7, 11) is 1.86. The highest BCUT2D eigenvalue weighted by Gasteiger charge is 2.23. The van der Waals surface area contributed by atoms with E-state index in [2.05, 4.69) is 9.88 Å². The molecule has 1 aromatic carbocycles. The minimum atomic E-state index is 0.00700. The van der Waals surface area contributed by atoms with Crippen molar-refractivity contribution in [2.45, 2.75) is 0 Å². The van der Waals surface area contributed by atoms with Gasteiger partial charge >= 0.3 is 0 Å². The summed E-state index contributed by atoms with van der Waals surface area (Å²) < 4.78 is 1.79. The number of nitrogens with zero attached hydrogens (tertiary/aromatic N) is 4. The number of benzene rings is 1. The van der Waals surface area contributed by atoms with Crippen LogP contribution in [0, 0.1) is 0 Å². The Morgan fingerprint density at radius 1 is 1.14 bits per heavy atom. The van der Waals surface area contributed by atoms with Crippen LogP contribution in [0.2, 0.25) is 0 Å². The fraction of sp³-hybridized carbons (Fsp3) is 0.333. The van der Waals surface area contributed by atoms with Gasteiger partial charge in [-0.1, -0.05) is 0 Å². The Balaban J connectivity index is 1.62. The van der Waals surface area contributed by atoms with E-state index in [0.717, 1.165) is 24.5 Å². The lowest BCUT2D eigenvalue weighted by molar-refractivity contribution is 0.0741. The molecule has 1 aliphatic heterocycles. The number of amides is 1. The molecule has 110 valence electrons. The molecule has 1 aromatic heterocycles. The summed E-state index contributed by atoms with van der Waals surface area (Å²) in [5.74, 6) is 0.00700. The van der Waals surface area contributed by atoms with E-state index in [1.807, 2.05) is 36.2 Å². The van der Waals surface area contributed by atoms with Crippen LogP contribution in [0.25, 0.3) is 0 Å². The molecule has 0 atom stereocenters. The lowest BCUT2D eigenvalue weighted by Crippen LogP contribution is -2.48. The molecule has 2 N–H and O–H groups in total. The topological polar surface area (TPSA) is 67.4 Å². The van der Waals surface area contributed by atoms with Gasteiger partial charge in [0.2, 0.25) is 0 Å². The van der Waals surface area contributed by atoms with Crippen molar-refractivity contribution >= 4 is 17.3 Å². The summed E-state index contributed by atoms with van der Waals surface area (Å²) in [4.78, 5) is 20.6. The standard InChI is InChI=1S/C15H19N5O/c1-18-10-14(17-11-18)15(21)20-8-6-19(7-9-20)13-4-2-12(16)3-5-13/h2-5,10-11H,6-9,16H2,1H3. The largest absolute Gasteiger partial charge is 0.399 e. The van der Waals surface area contributed by atoms with Crippen molar-refractivity contribution < 1.29 is 4.79 Å². The van der Waals surface area contributed by atoms with Crippen molar-refractivity contribution in [2.75, 3.05) is 36.8 Å². The summed E-state index contributed by atoms with van der Waals surface area (Å²) in [6.07, 6.45) is 3.41. The van der Waals surface area contributed by atoms with Crippen LogP contribution in [0.3, 0.4) is 0 Å². The highest BCUT2D eigenvalue weighted by molar-refractivity contribution is 5.92. The summed E-state index contributed by atoms with van der Waals surface area (Å²) in [6.45, 7) is 3.06. The summed E-state index contributed by atoms with van der Waals surface area (Å²) >= 11 is 0. The van der Waals surface area contributed by atoms with Crippen molar-refractivity contribution in [3.05, 3.63) is 42.5 Å². The first-order chi connectivity index (χ1) is 10.1. The molecule has 0 radical (unpaired) electrons. The maximum Gasteiger partial charge on any atom is 0.274 e. The van der Waals surface area contributed by atoms with E-state index in [1.165, 1.54) is 0 Å². The lowest BCUT2D eigenvalue weighted by atomic mass is 10.2. The van der Waals surface area contributed by atoms with E-state index in [1.54, 1.807) is 17.1 Å². The quantitative estimate of drug-likeness (QED) is 0.835. The molecule has 1 amide bonds. The Kier molecular flexibility index (Phi) is 3.51. The molecule has 0 spiro atoms. The van der Waals surface area contributed by atoms with Crippen molar-refractivity contribution in [2.24, 2.45) is 7.05 Å². The highest BCUT2D eigenvalue weighted by atomic mass is 16.2. The van der Waals surface area contributed by atoms with Gasteiger partial charge in [0, 0.05) is 50.8 Å². The number of nitrogens with two attached hydrogens (primary N) is 1. The number of hydrogen-bond donors (Lipinski definition) is 1. The molecule has 0 aliphatic carbocycles. The Morgan fingerprint density at radius 3 is 2.38 bits per heavy atom. The first-order valence-electron chi connectivity index (χ1n) is 7.01. The molecule has 6 nitrogen and oxygen atoms in total. The van der Waals surface area contributed by atoms with E-state index >= 15 is 0 Å². The smallest absolute Gasteiger partial charge is 0.274 e. The number of nitrogen functional groups attached to an aromatic ring is 1. The maximum atomic E-state index is 12.3. The summed E-state index contributed by atoms with van der Waals surface area (Å²) in [5, 5.41) is 0. The predicted octanol–water partition coefficient (Wildman–Crippen LogP) is 0.965. The molecule has 1 aliphatic rings. The van der Waals surface area contributed by atoms with E-state index in [0.29, 0.717) is 18.8 Å². The molecule has 1 fully saturated rings. The van der Waals surface area contributed by atoms with Gasteiger partial charge in [-0.25, -0.2) is 4.98 Å². The molecule has 0 saturated carbocycles. The van der Waals surface area contributed by atoms with Crippen LogP contribution < -0.4 is 10.6 Å². The fourth-order valence-corrected chi connectivity index (χ4v) is 2.54. The predicted molar refractivity (Wildman–Crippen MR) is 82.2 cm³/mol. The van der Waals surface area contributed by atoms with Gasteiger partial charge in [0.1, 0.15) is 5.69 Å². The van der Waals surface area contributed by atoms with Crippen LogP contribution >= 0.6 is 0 Å². The van der Waals surface area contributed by atoms with Crippen molar-refractivity contribution in [3.63, 3.8) is 0 Å². The molecule has 1 saturated heterocycles. The van der Waals surface area contributed by atoms with Crippen LogP contribution in [-0.2, 0) is 7.05 Å². The van der Waals surface area contributed by atoms with Crippen LogP contribution in [0.1, 0.15) is 10.5 Å². The molecular weight excluding hydrogens is 266 g/mol. The average molecular weight is 285 g/mol. The minimum absolute atomic E-state index is 0.00700. The first-order valence-corrected chi connectivity index (χ1v) is 7.01. The number of aromatic nitrogens is 2. The molecule has 6 heteroatoms. The number of aryl methyl sites for hydroxylation is 1. The maximum absolute atomic E-state index is 12.3. The molecule has 0 bridgehead atoms. The molecule has 0 unspecified atom stereocenters. The van der Waals surface area contributed by atoms with E-state index < -0.39 is 0 Å². The van der Waals surface area contributed by atoms with E-state index in [9.17, 15) is 4.79 Å². The Bertz CT molecular complexity index is 626. The second kappa shape index (κ2) is 5.47. The van der Waals surface area contributed by atoms with Crippen molar-refractivity contribution in [1.29, 1.82) is 0 Å². The molecule has 3 rings (SSSR count). The summed E-state index contributed by atoms with van der Waals surface area (Å²) in [5.41, 5.74) is 8.13. The SMILES string of the molecule is Cn1cnc(C(=O)N2CCN(c3ccc(N)cc3)CC2)c1. The van der Waals surface area contributed by atoms with Gasteiger partial charge in [0.25, 0.3) is 5.91 Å². The lowest BCUT2D eigenvalue weighted by Gasteiger charge is -2.35. The Hall–Kier alpha value is -2.50.